The molecule has 5 heteroatoms. The molecule has 102 valence electrons. The number of carbonyl (C=O) groups excluding carboxylic acids is 1. The van der Waals surface area contributed by atoms with Crippen molar-refractivity contribution < 1.29 is 4.79 Å². The van der Waals surface area contributed by atoms with Gasteiger partial charge in [0.1, 0.15) is 0 Å². The molecule has 0 spiro atoms. The average molecular weight is 252 g/mol. The molecule has 1 unspecified atom stereocenters. The summed E-state index contributed by atoms with van der Waals surface area (Å²) in [4.78, 5) is 11.6. The minimum absolute atomic E-state index is 0.0475. The van der Waals surface area contributed by atoms with E-state index in [9.17, 15) is 4.79 Å². The van der Waals surface area contributed by atoms with E-state index in [1.165, 1.54) is 0 Å². The summed E-state index contributed by atoms with van der Waals surface area (Å²) in [6.45, 7) is 7.19. The van der Waals surface area contributed by atoms with Crippen LogP contribution < -0.4 is 10.6 Å². The van der Waals surface area contributed by atoms with Gasteiger partial charge in [0.25, 0.3) is 0 Å². The molecule has 0 radical (unpaired) electrons. The Morgan fingerprint density at radius 3 is 2.83 bits per heavy atom. The maximum Gasteiger partial charge on any atom is 0.234 e. The van der Waals surface area contributed by atoms with Gasteiger partial charge in [-0.1, -0.05) is 13.8 Å². The van der Waals surface area contributed by atoms with Gasteiger partial charge >= 0.3 is 0 Å². The van der Waals surface area contributed by atoms with Crippen LogP contribution in [0.25, 0.3) is 0 Å². The third kappa shape index (κ3) is 4.49. The zero-order chi connectivity index (χ0) is 13.5. The highest BCUT2D eigenvalue weighted by atomic mass is 16.1. The highest BCUT2D eigenvalue weighted by Gasteiger charge is 2.07. The van der Waals surface area contributed by atoms with Crippen LogP contribution in [0, 0.1) is 0 Å². The van der Waals surface area contributed by atoms with Gasteiger partial charge in [-0.2, -0.15) is 5.10 Å². The van der Waals surface area contributed by atoms with Gasteiger partial charge in [-0.15, -0.1) is 0 Å². The molecule has 1 aromatic rings. The van der Waals surface area contributed by atoms with Crippen LogP contribution in [0.2, 0.25) is 0 Å². The van der Waals surface area contributed by atoms with Crippen molar-refractivity contribution in [2.45, 2.75) is 46.2 Å². The number of hydrogen-bond acceptors (Lipinski definition) is 3. The zero-order valence-corrected chi connectivity index (χ0v) is 11.8. The van der Waals surface area contributed by atoms with Crippen molar-refractivity contribution >= 4 is 5.91 Å². The summed E-state index contributed by atoms with van der Waals surface area (Å²) in [5.74, 6) is 0.0475. The van der Waals surface area contributed by atoms with Crippen LogP contribution in [-0.4, -0.2) is 28.3 Å². The van der Waals surface area contributed by atoms with E-state index < -0.39 is 0 Å². The average Bonchev–Trinajstić information content (AvgIpc) is 2.69. The van der Waals surface area contributed by atoms with Crippen LogP contribution in [0.3, 0.4) is 0 Å². The predicted octanol–water partition coefficient (Wildman–Crippen LogP) is 0.987. The zero-order valence-electron chi connectivity index (χ0n) is 11.8. The third-order valence-electron chi connectivity index (χ3n) is 2.95. The fraction of sp³-hybridized carbons (Fsp3) is 0.692. The Labute approximate surface area is 109 Å². The lowest BCUT2D eigenvalue weighted by atomic mass is 10.2. The second-order valence-electron chi connectivity index (χ2n) is 4.61. The minimum Gasteiger partial charge on any atom is -0.353 e. The van der Waals surface area contributed by atoms with Crippen molar-refractivity contribution in [1.82, 2.24) is 20.4 Å². The topological polar surface area (TPSA) is 59.0 Å². The highest BCUT2D eigenvalue weighted by Crippen LogP contribution is 2.06. The van der Waals surface area contributed by atoms with E-state index >= 15 is 0 Å². The van der Waals surface area contributed by atoms with E-state index in [1.54, 1.807) is 0 Å². The summed E-state index contributed by atoms with van der Waals surface area (Å²) in [6, 6.07) is 0.240. The molecule has 18 heavy (non-hydrogen) atoms. The van der Waals surface area contributed by atoms with Crippen LogP contribution >= 0.6 is 0 Å². The Hall–Kier alpha value is -1.36. The Morgan fingerprint density at radius 1 is 1.50 bits per heavy atom. The summed E-state index contributed by atoms with van der Waals surface area (Å²) >= 11 is 0. The Morgan fingerprint density at radius 2 is 2.22 bits per heavy atom. The van der Waals surface area contributed by atoms with Crippen LogP contribution in [-0.2, 0) is 24.8 Å². The van der Waals surface area contributed by atoms with E-state index in [-0.39, 0.29) is 11.9 Å². The van der Waals surface area contributed by atoms with E-state index in [0.717, 1.165) is 24.1 Å². The van der Waals surface area contributed by atoms with Crippen LogP contribution in [0.5, 0.6) is 0 Å². The largest absolute Gasteiger partial charge is 0.353 e. The van der Waals surface area contributed by atoms with Crippen molar-refractivity contribution in [3.63, 3.8) is 0 Å². The number of aryl methyl sites for hydroxylation is 2. The van der Waals surface area contributed by atoms with Gasteiger partial charge in [0.2, 0.25) is 5.91 Å². The van der Waals surface area contributed by atoms with Crippen molar-refractivity contribution in [1.29, 1.82) is 0 Å². The number of amides is 1. The van der Waals surface area contributed by atoms with E-state index in [1.807, 2.05) is 24.9 Å². The molecule has 0 aliphatic rings. The van der Waals surface area contributed by atoms with E-state index in [0.29, 0.717) is 13.1 Å². The monoisotopic (exact) mass is 252 g/mol. The first kappa shape index (κ1) is 14.7. The smallest absolute Gasteiger partial charge is 0.234 e. The molecular formula is C13H24N4O. The molecule has 1 rings (SSSR count). The molecule has 2 N–H and O–H groups in total. The lowest BCUT2D eigenvalue weighted by Crippen LogP contribution is -2.38. The van der Waals surface area contributed by atoms with Gasteiger partial charge in [-0.3, -0.25) is 9.48 Å². The minimum atomic E-state index is 0.0475. The number of aromatic nitrogens is 2. The molecular weight excluding hydrogens is 228 g/mol. The molecule has 0 aromatic carbocycles. The molecule has 1 aromatic heterocycles. The predicted molar refractivity (Wildman–Crippen MR) is 72.2 cm³/mol. The van der Waals surface area contributed by atoms with Crippen molar-refractivity contribution in [2.24, 2.45) is 7.05 Å². The van der Waals surface area contributed by atoms with Gasteiger partial charge in [0.05, 0.1) is 12.2 Å². The van der Waals surface area contributed by atoms with Gasteiger partial charge in [0.15, 0.2) is 0 Å². The number of hydrogen-bond donors (Lipinski definition) is 2. The lowest BCUT2D eigenvalue weighted by Gasteiger charge is -2.11. The maximum atomic E-state index is 11.6. The summed E-state index contributed by atoms with van der Waals surface area (Å²) in [5.41, 5.74) is 2.25. The highest BCUT2D eigenvalue weighted by molar-refractivity contribution is 5.78. The summed E-state index contributed by atoms with van der Waals surface area (Å²) in [6.07, 6.45) is 3.86. The molecule has 0 aliphatic carbocycles. The normalized spacial score (nSPS) is 12.4. The number of carbonyl (C=O) groups is 1. The Balaban J connectivity index is 2.35. The van der Waals surface area contributed by atoms with Gasteiger partial charge in [0, 0.05) is 31.4 Å². The molecule has 1 amide bonds. The van der Waals surface area contributed by atoms with Crippen LogP contribution in [0.1, 0.15) is 38.4 Å². The first-order valence-corrected chi connectivity index (χ1v) is 6.58. The number of rotatable bonds is 7. The number of nitrogens with one attached hydrogen (secondary N) is 2. The van der Waals surface area contributed by atoms with Crippen molar-refractivity contribution in [3.05, 3.63) is 17.5 Å². The van der Waals surface area contributed by atoms with Crippen molar-refractivity contribution in [3.8, 4) is 0 Å². The molecule has 1 atom stereocenters. The number of nitrogens with zero attached hydrogens (tertiary/aromatic N) is 2. The quantitative estimate of drug-likeness (QED) is 0.761. The fourth-order valence-electron chi connectivity index (χ4n) is 1.77. The van der Waals surface area contributed by atoms with E-state index in [2.05, 4.69) is 29.6 Å². The standard InChI is InChI=1S/C13H24N4O/c1-5-10(3)15-13(18)8-14-7-11-9-17(4)16-12(11)6-2/h9-10,14H,5-8H2,1-4H3,(H,15,18). The van der Waals surface area contributed by atoms with Crippen LogP contribution in [0.15, 0.2) is 6.20 Å². The molecule has 5 nitrogen and oxygen atoms in total. The van der Waals surface area contributed by atoms with Gasteiger partial charge < -0.3 is 10.6 Å². The summed E-state index contributed by atoms with van der Waals surface area (Å²) in [5, 5.41) is 10.4. The molecule has 0 fully saturated rings. The van der Waals surface area contributed by atoms with Gasteiger partial charge in [-0.25, -0.2) is 0 Å². The SMILES string of the molecule is CCc1nn(C)cc1CNCC(=O)NC(C)CC. The summed E-state index contributed by atoms with van der Waals surface area (Å²) in [7, 11) is 1.91. The van der Waals surface area contributed by atoms with Crippen LogP contribution in [0.4, 0.5) is 0 Å². The van der Waals surface area contributed by atoms with Crippen molar-refractivity contribution in [2.75, 3.05) is 6.54 Å². The molecule has 0 saturated heterocycles. The second kappa shape index (κ2) is 7.16. The molecule has 0 saturated carbocycles. The Bertz CT molecular complexity index is 386. The first-order valence-electron chi connectivity index (χ1n) is 6.58. The van der Waals surface area contributed by atoms with E-state index in [4.69, 9.17) is 0 Å². The molecule has 0 aliphatic heterocycles. The lowest BCUT2D eigenvalue weighted by molar-refractivity contribution is -0.120. The molecule has 0 bridgehead atoms. The Kier molecular flexibility index (Phi) is 5.85. The van der Waals surface area contributed by atoms with Gasteiger partial charge in [-0.05, 0) is 19.8 Å². The fourth-order valence-corrected chi connectivity index (χ4v) is 1.77. The summed E-state index contributed by atoms with van der Waals surface area (Å²) < 4.78 is 1.81. The maximum absolute atomic E-state index is 11.6. The first-order chi connectivity index (χ1) is 8.56. The second-order valence-corrected chi connectivity index (χ2v) is 4.61. The third-order valence-corrected chi connectivity index (χ3v) is 2.95. The molecule has 1 heterocycles.